The van der Waals surface area contributed by atoms with Crippen molar-refractivity contribution in [2.75, 3.05) is 5.32 Å². The Bertz CT molecular complexity index is 514. The third-order valence-corrected chi connectivity index (χ3v) is 3.21. The summed E-state index contributed by atoms with van der Waals surface area (Å²) in [6, 6.07) is 8.57. The summed E-state index contributed by atoms with van der Waals surface area (Å²) >= 11 is 0. The number of anilines is 1. The summed E-state index contributed by atoms with van der Waals surface area (Å²) in [4.78, 5) is 4.39. The first-order valence-electron chi connectivity index (χ1n) is 7.02. The highest BCUT2D eigenvalue weighted by molar-refractivity contribution is 5.33. The normalized spacial score (nSPS) is 10.9. The fraction of sp³-hybridized carbons (Fsp3) is 0.438. The Morgan fingerprint density at radius 1 is 1.21 bits per heavy atom. The van der Waals surface area contributed by atoms with E-state index in [1.807, 2.05) is 12.4 Å². The molecule has 0 saturated heterocycles. The maximum absolute atomic E-state index is 4.39. The van der Waals surface area contributed by atoms with Gasteiger partial charge in [-0.25, -0.2) is 4.98 Å². The van der Waals surface area contributed by atoms with Crippen LogP contribution in [0, 0.1) is 5.92 Å². The van der Waals surface area contributed by atoms with Gasteiger partial charge in [-0.15, -0.1) is 0 Å². The number of nitrogens with one attached hydrogen (secondary N) is 1. The first-order chi connectivity index (χ1) is 9.20. The Hall–Kier alpha value is -1.77. The van der Waals surface area contributed by atoms with Crippen molar-refractivity contribution in [1.29, 1.82) is 0 Å². The fourth-order valence-corrected chi connectivity index (χ4v) is 2.27. The highest BCUT2D eigenvalue weighted by Crippen LogP contribution is 2.13. The van der Waals surface area contributed by atoms with Crippen LogP contribution in [0.2, 0.25) is 0 Å². The van der Waals surface area contributed by atoms with Crippen molar-refractivity contribution in [2.45, 2.75) is 40.3 Å². The first-order valence-corrected chi connectivity index (χ1v) is 7.02. The van der Waals surface area contributed by atoms with Gasteiger partial charge in [0.1, 0.15) is 0 Å². The molecule has 0 bridgehead atoms. The lowest BCUT2D eigenvalue weighted by atomic mass is 10.1. The highest BCUT2D eigenvalue weighted by atomic mass is 15.2. The number of benzene rings is 1. The summed E-state index contributed by atoms with van der Waals surface area (Å²) in [5, 5.41) is 3.44. The van der Waals surface area contributed by atoms with E-state index in [9.17, 15) is 0 Å². The molecular weight excluding hydrogens is 234 g/mol. The topological polar surface area (TPSA) is 29.9 Å². The van der Waals surface area contributed by atoms with Gasteiger partial charge in [0.25, 0.3) is 0 Å². The van der Waals surface area contributed by atoms with Gasteiger partial charge in [-0.1, -0.05) is 45.0 Å². The zero-order valence-corrected chi connectivity index (χ0v) is 12.1. The van der Waals surface area contributed by atoms with Crippen LogP contribution in [0.4, 0.5) is 5.95 Å². The molecule has 3 heteroatoms. The van der Waals surface area contributed by atoms with Crippen LogP contribution in [0.25, 0.3) is 0 Å². The van der Waals surface area contributed by atoms with Gasteiger partial charge in [0.15, 0.2) is 0 Å². The summed E-state index contributed by atoms with van der Waals surface area (Å²) in [7, 11) is 0. The number of imidazole rings is 1. The van der Waals surface area contributed by atoms with Crippen molar-refractivity contribution in [3.63, 3.8) is 0 Å². The smallest absolute Gasteiger partial charge is 0.203 e. The largest absolute Gasteiger partial charge is 0.352 e. The van der Waals surface area contributed by atoms with Gasteiger partial charge in [0.2, 0.25) is 5.95 Å². The molecule has 1 N–H and O–H groups in total. The summed E-state index contributed by atoms with van der Waals surface area (Å²) in [5.74, 6) is 1.58. The molecule has 0 saturated carbocycles. The number of aryl methyl sites for hydroxylation is 1. The number of hydrogen-bond donors (Lipinski definition) is 1. The second kappa shape index (κ2) is 6.41. The third kappa shape index (κ3) is 3.60. The van der Waals surface area contributed by atoms with E-state index in [-0.39, 0.29) is 0 Å². The van der Waals surface area contributed by atoms with Crippen LogP contribution >= 0.6 is 0 Å². The van der Waals surface area contributed by atoms with Gasteiger partial charge in [-0.2, -0.15) is 0 Å². The minimum atomic E-state index is 0.623. The van der Waals surface area contributed by atoms with Crippen molar-refractivity contribution in [2.24, 2.45) is 5.92 Å². The minimum Gasteiger partial charge on any atom is -0.352 e. The van der Waals surface area contributed by atoms with Gasteiger partial charge < -0.3 is 9.88 Å². The molecule has 3 nitrogen and oxygen atoms in total. The number of hydrogen-bond acceptors (Lipinski definition) is 2. The predicted octanol–water partition coefficient (Wildman–Crippen LogP) is 3.71. The van der Waals surface area contributed by atoms with E-state index in [1.165, 1.54) is 11.1 Å². The van der Waals surface area contributed by atoms with Crippen LogP contribution < -0.4 is 5.32 Å². The molecule has 1 heterocycles. The average molecular weight is 257 g/mol. The zero-order chi connectivity index (χ0) is 13.7. The highest BCUT2D eigenvalue weighted by Gasteiger charge is 2.05. The quantitative estimate of drug-likeness (QED) is 0.855. The first kappa shape index (κ1) is 13.7. The molecule has 0 aliphatic heterocycles. The molecule has 0 fully saturated rings. The van der Waals surface area contributed by atoms with E-state index in [1.54, 1.807) is 0 Å². The van der Waals surface area contributed by atoms with Crippen LogP contribution in [0.1, 0.15) is 31.9 Å². The molecule has 19 heavy (non-hydrogen) atoms. The lowest BCUT2D eigenvalue weighted by Gasteiger charge is -2.13. The molecule has 0 radical (unpaired) electrons. The maximum Gasteiger partial charge on any atom is 0.203 e. The van der Waals surface area contributed by atoms with Crippen LogP contribution in [0.5, 0.6) is 0 Å². The van der Waals surface area contributed by atoms with E-state index in [0.717, 1.165) is 25.5 Å². The summed E-state index contributed by atoms with van der Waals surface area (Å²) < 4.78 is 2.18. The molecule has 1 aromatic heterocycles. The van der Waals surface area contributed by atoms with Crippen molar-refractivity contribution >= 4 is 5.95 Å². The van der Waals surface area contributed by atoms with Gasteiger partial charge >= 0.3 is 0 Å². The standard InChI is InChI=1S/C16H23N3/c1-4-14-7-5-6-8-15(14)11-18-16-17-9-10-19(16)12-13(2)3/h5-10,13H,4,11-12H2,1-3H3,(H,17,18). The fourth-order valence-electron chi connectivity index (χ4n) is 2.27. The molecule has 2 aromatic rings. The molecule has 0 amide bonds. The SMILES string of the molecule is CCc1ccccc1CNc1nccn1CC(C)C. The van der Waals surface area contributed by atoms with Crippen molar-refractivity contribution in [3.05, 3.63) is 47.8 Å². The summed E-state index contributed by atoms with van der Waals surface area (Å²) in [6.45, 7) is 8.46. The molecule has 0 unspecified atom stereocenters. The lowest BCUT2D eigenvalue weighted by molar-refractivity contribution is 0.526. The number of aromatic nitrogens is 2. The van der Waals surface area contributed by atoms with Crippen molar-refractivity contribution < 1.29 is 0 Å². The minimum absolute atomic E-state index is 0.623. The van der Waals surface area contributed by atoms with E-state index >= 15 is 0 Å². The Balaban J connectivity index is 2.04. The Kier molecular flexibility index (Phi) is 4.61. The van der Waals surface area contributed by atoms with Crippen LogP contribution in [0.15, 0.2) is 36.7 Å². The Morgan fingerprint density at radius 2 is 1.95 bits per heavy atom. The van der Waals surface area contributed by atoms with E-state index in [2.05, 4.69) is 59.9 Å². The van der Waals surface area contributed by atoms with Crippen molar-refractivity contribution in [3.8, 4) is 0 Å². The molecule has 2 rings (SSSR count). The molecule has 0 atom stereocenters. The summed E-state index contributed by atoms with van der Waals surface area (Å²) in [5.41, 5.74) is 2.75. The average Bonchev–Trinajstić information content (AvgIpc) is 2.83. The lowest BCUT2D eigenvalue weighted by Crippen LogP contribution is -2.11. The molecular formula is C16H23N3. The van der Waals surface area contributed by atoms with Crippen molar-refractivity contribution in [1.82, 2.24) is 9.55 Å². The second-order valence-electron chi connectivity index (χ2n) is 5.27. The molecule has 102 valence electrons. The Labute approximate surface area is 115 Å². The molecule has 0 aliphatic rings. The number of rotatable bonds is 6. The van der Waals surface area contributed by atoms with Crippen LogP contribution in [-0.4, -0.2) is 9.55 Å². The molecule has 0 aliphatic carbocycles. The van der Waals surface area contributed by atoms with E-state index in [0.29, 0.717) is 5.92 Å². The van der Waals surface area contributed by atoms with E-state index < -0.39 is 0 Å². The maximum atomic E-state index is 4.39. The number of nitrogens with zero attached hydrogens (tertiary/aromatic N) is 2. The summed E-state index contributed by atoms with van der Waals surface area (Å²) in [6.07, 6.45) is 4.96. The monoisotopic (exact) mass is 257 g/mol. The van der Waals surface area contributed by atoms with Crippen LogP contribution in [0.3, 0.4) is 0 Å². The Morgan fingerprint density at radius 3 is 2.63 bits per heavy atom. The second-order valence-corrected chi connectivity index (χ2v) is 5.27. The van der Waals surface area contributed by atoms with Gasteiger partial charge in [0, 0.05) is 25.5 Å². The third-order valence-electron chi connectivity index (χ3n) is 3.21. The van der Waals surface area contributed by atoms with Gasteiger partial charge in [0.05, 0.1) is 0 Å². The van der Waals surface area contributed by atoms with Gasteiger partial charge in [-0.3, -0.25) is 0 Å². The predicted molar refractivity (Wildman–Crippen MR) is 80.2 cm³/mol. The van der Waals surface area contributed by atoms with Crippen LogP contribution in [-0.2, 0) is 19.5 Å². The van der Waals surface area contributed by atoms with E-state index in [4.69, 9.17) is 0 Å². The zero-order valence-electron chi connectivity index (χ0n) is 12.1. The van der Waals surface area contributed by atoms with Gasteiger partial charge in [-0.05, 0) is 23.5 Å². The molecule has 0 spiro atoms. The molecule has 1 aromatic carbocycles.